The van der Waals surface area contributed by atoms with Crippen LogP contribution in [0.25, 0.3) is 11.2 Å². The van der Waals surface area contributed by atoms with Gasteiger partial charge in [0.1, 0.15) is 30.2 Å². The third kappa shape index (κ3) is 4.68. The molecule has 0 spiro atoms. The molecule has 0 saturated carbocycles. The Kier molecular flexibility index (Phi) is 6.85. The summed E-state index contributed by atoms with van der Waals surface area (Å²) in [5.74, 6) is 0.270. The molecule has 1 saturated heterocycles. The lowest BCUT2D eigenvalue weighted by atomic mass is 10.1. The third-order valence-corrected chi connectivity index (χ3v) is 6.49. The average Bonchev–Trinajstić information content (AvgIpc) is 3.38. The smallest absolute Gasteiger partial charge is 0.328 e. The number of rotatable bonds is 9. The van der Waals surface area contributed by atoms with Crippen molar-refractivity contribution in [1.82, 2.24) is 19.5 Å². The predicted octanol–water partition coefficient (Wildman–Crippen LogP) is 2.39. The molecule has 2 aromatic heterocycles. The first-order valence-corrected chi connectivity index (χ1v) is 12.0. The van der Waals surface area contributed by atoms with E-state index in [1.807, 2.05) is 30.3 Å². The zero-order chi connectivity index (χ0) is 22.7. The Morgan fingerprint density at radius 3 is 2.56 bits per heavy atom. The second-order valence-corrected chi connectivity index (χ2v) is 9.43. The van der Waals surface area contributed by atoms with Crippen molar-refractivity contribution in [2.45, 2.75) is 31.1 Å². The molecule has 4 rings (SSSR count). The average molecular weight is 463 g/mol. The lowest BCUT2D eigenvalue weighted by molar-refractivity contribution is -0.0569. The SMILES string of the molecule is COC1[C@@H](COP(C)(=O)OCc2ccccc2)O[C@@H](n2cnc3c(N)ncnc32)[C@H]1OC. The molecule has 1 aliphatic heterocycles. The zero-order valence-electron chi connectivity index (χ0n) is 18.0. The Labute approximate surface area is 185 Å². The highest BCUT2D eigenvalue weighted by atomic mass is 31.2. The van der Waals surface area contributed by atoms with Crippen LogP contribution in [0.5, 0.6) is 0 Å². The van der Waals surface area contributed by atoms with Crippen LogP contribution in [0.2, 0.25) is 0 Å². The summed E-state index contributed by atoms with van der Waals surface area (Å²) in [4.78, 5) is 12.5. The Bertz CT molecular complexity index is 1100. The first-order valence-electron chi connectivity index (χ1n) is 9.98. The highest BCUT2D eigenvalue weighted by molar-refractivity contribution is 7.52. The molecule has 12 heteroatoms. The monoisotopic (exact) mass is 463 g/mol. The minimum absolute atomic E-state index is 0.0127. The van der Waals surface area contributed by atoms with Crippen LogP contribution < -0.4 is 5.73 Å². The normalized spacial score (nSPS) is 25.2. The van der Waals surface area contributed by atoms with Gasteiger partial charge in [-0.25, -0.2) is 15.0 Å². The van der Waals surface area contributed by atoms with Crippen LogP contribution in [0, 0.1) is 0 Å². The second-order valence-electron chi connectivity index (χ2n) is 7.37. The number of benzene rings is 1. The first kappa shape index (κ1) is 22.8. The molecule has 0 amide bonds. The zero-order valence-corrected chi connectivity index (χ0v) is 18.9. The standard InChI is InChI=1S/C20H26N5O6P/c1-27-16-14(10-30-32(3,26)29-9-13-7-5-4-6-8-13)31-20(17(16)28-2)25-12-24-15-18(21)22-11-23-19(15)25/h4-8,11-12,14,16-17,20H,9-10H2,1-3H3,(H2,21,22,23)/t14-,16?,17+,20-,32?/m1/s1. The largest absolute Gasteiger partial charge is 0.382 e. The highest BCUT2D eigenvalue weighted by Gasteiger charge is 2.47. The van der Waals surface area contributed by atoms with Gasteiger partial charge in [-0.1, -0.05) is 30.3 Å². The van der Waals surface area contributed by atoms with Crippen molar-refractivity contribution in [2.24, 2.45) is 0 Å². The van der Waals surface area contributed by atoms with E-state index in [4.69, 9.17) is 29.0 Å². The molecule has 2 unspecified atom stereocenters. The molecule has 0 bridgehead atoms. The quantitative estimate of drug-likeness (QED) is 0.472. The van der Waals surface area contributed by atoms with Gasteiger partial charge in [-0.15, -0.1) is 0 Å². The Morgan fingerprint density at radius 2 is 1.84 bits per heavy atom. The summed E-state index contributed by atoms with van der Waals surface area (Å²) < 4.78 is 43.2. The number of hydrogen-bond acceptors (Lipinski definition) is 10. The number of nitrogen functional groups attached to an aromatic ring is 1. The van der Waals surface area contributed by atoms with Crippen molar-refractivity contribution in [3.05, 3.63) is 48.5 Å². The van der Waals surface area contributed by atoms with Crippen molar-refractivity contribution >= 4 is 24.6 Å². The fourth-order valence-corrected chi connectivity index (χ4v) is 4.55. The maximum atomic E-state index is 12.8. The Balaban J connectivity index is 1.47. The summed E-state index contributed by atoms with van der Waals surface area (Å²) in [6.07, 6.45) is 0.757. The number of fused-ring (bicyclic) bond motifs is 1. The molecule has 3 heterocycles. The summed E-state index contributed by atoms with van der Waals surface area (Å²) >= 11 is 0. The highest BCUT2D eigenvalue weighted by Crippen LogP contribution is 2.46. The minimum atomic E-state index is -3.33. The fraction of sp³-hybridized carbons (Fsp3) is 0.450. The third-order valence-electron chi connectivity index (χ3n) is 5.27. The van der Waals surface area contributed by atoms with E-state index in [9.17, 15) is 4.57 Å². The molecule has 2 N–H and O–H groups in total. The number of aromatic nitrogens is 4. The van der Waals surface area contributed by atoms with E-state index in [2.05, 4.69) is 15.0 Å². The number of nitrogens with zero attached hydrogens (tertiary/aromatic N) is 4. The van der Waals surface area contributed by atoms with Crippen molar-refractivity contribution in [3.8, 4) is 0 Å². The summed E-state index contributed by atoms with van der Waals surface area (Å²) in [6.45, 7) is 1.60. The number of hydrogen-bond donors (Lipinski definition) is 1. The first-order chi connectivity index (χ1) is 15.4. The summed E-state index contributed by atoms with van der Waals surface area (Å²) in [6, 6.07) is 9.46. The lowest BCUT2D eigenvalue weighted by Crippen LogP contribution is -2.36. The van der Waals surface area contributed by atoms with Crippen molar-refractivity contribution < 1.29 is 27.8 Å². The molecule has 1 fully saturated rings. The summed E-state index contributed by atoms with van der Waals surface area (Å²) in [5.41, 5.74) is 7.77. The van der Waals surface area contributed by atoms with E-state index in [1.165, 1.54) is 13.0 Å². The van der Waals surface area contributed by atoms with Gasteiger partial charge >= 0.3 is 7.60 Å². The predicted molar refractivity (Wildman–Crippen MR) is 116 cm³/mol. The molecule has 0 radical (unpaired) electrons. The van der Waals surface area contributed by atoms with E-state index in [0.29, 0.717) is 11.2 Å². The molecular formula is C20H26N5O6P. The van der Waals surface area contributed by atoms with Crippen LogP contribution in [0.1, 0.15) is 11.8 Å². The van der Waals surface area contributed by atoms with E-state index >= 15 is 0 Å². The second kappa shape index (κ2) is 9.62. The van der Waals surface area contributed by atoms with E-state index in [0.717, 1.165) is 5.56 Å². The van der Waals surface area contributed by atoms with E-state index in [1.54, 1.807) is 25.1 Å². The molecule has 172 valence electrons. The van der Waals surface area contributed by atoms with Crippen molar-refractivity contribution in [3.63, 3.8) is 0 Å². The maximum absolute atomic E-state index is 12.8. The van der Waals surface area contributed by atoms with Gasteiger partial charge in [0.25, 0.3) is 0 Å². The molecule has 5 atom stereocenters. The molecule has 3 aromatic rings. The van der Waals surface area contributed by atoms with Gasteiger partial charge in [0, 0.05) is 20.9 Å². The van der Waals surface area contributed by atoms with Crippen LogP contribution >= 0.6 is 7.60 Å². The number of anilines is 1. The van der Waals surface area contributed by atoms with Crippen molar-refractivity contribution in [2.75, 3.05) is 33.2 Å². The molecule has 32 heavy (non-hydrogen) atoms. The number of nitrogens with two attached hydrogens (primary N) is 1. The molecular weight excluding hydrogens is 437 g/mol. The van der Waals surface area contributed by atoms with Gasteiger partial charge in [-0.05, 0) is 5.56 Å². The Morgan fingerprint density at radius 1 is 1.09 bits per heavy atom. The molecule has 11 nitrogen and oxygen atoms in total. The van der Waals surface area contributed by atoms with E-state index in [-0.39, 0.29) is 19.0 Å². The van der Waals surface area contributed by atoms with Gasteiger partial charge in [-0.3, -0.25) is 9.13 Å². The summed E-state index contributed by atoms with van der Waals surface area (Å²) in [5, 5.41) is 0. The van der Waals surface area contributed by atoms with Crippen LogP contribution in [0.3, 0.4) is 0 Å². The Hall–Kier alpha value is -2.40. The van der Waals surface area contributed by atoms with Crippen LogP contribution in [-0.4, -0.2) is 65.3 Å². The van der Waals surface area contributed by atoms with Gasteiger partial charge in [0.15, 0.2) is 17.7 Å². The molecule has 1 aromatic carbocycles. The lowest BCUT2D eigenvalue weighted by Gasteiger charge is -2.22. The van der Waals surface area contributed by atoms with Gasteiger partial charge in [0.05, 0.1) is 19.5 Å². The summed E-state index contributed by atoms with van der Waals surface area (Å²) in [7, 11) is -0.217. The molecule has 1 aliphatic rings. The van der Waals surface area contributed by atoms with Gasteiger partial charge < -0.3 is 29.0 Å². The number of imidazole rings is 1. The van der Waals surface area contributed by atoms with Crippen LogP contribution in [-0.2, 0) is 34.4 Å². The number of methoxy groups -OCH3 is 2. The van der Waals surface area contributed by atoms with Crippen LogP contribution in [0.15, 0.2) is 43.0 Å². The fourth-order valence-electron chi connectivity index (χ4n) is 3.67. The van der Waals surface area contributed by atoms with Gasteiger partial charge in [0.2, 0.25) is 0 Å². The number of ether oxygens (including phenoxy) is 3. The van der Waals surface area contributed by atoms with Gasteiger partial charge in [-0.2, -0.15) is 0 Å². The minimum Gasteiger partial charge on any atom is -0.382 e. The maximum Gasteiger partial charge on any atom is 0.328 e. The van der Waals surface area contributed by atoms with Crippen LogP contribution in [0.4, 0.5) is 5.82 Å². The topological polar surface area (TPSA) is 133 Å². The van der Waals surface area contributed by atoms with Crippen molar-refractivity contribution in [1.29, 1.82) is 0 Å². The van der Waals surface area contributed by atoms with E-state index < -0.39 is 32.1 Å². The molecule has 0 aliphatic carbocycles.